The van der Waals surface area contributed by atoms with E-state index in [0.29, 0.717) is 5.02 Å². The molecule has 0 aliphatic rings. The first-order valence-electron chi connectivity index (χ1n) is 10.1. The van der Waals surface area contributed by atoms with Crippen LogP contribution in [-0.4, -0.2) is 14.8 Å². The lowest BCUT2D eigenvalue weighted by atomic mass is 10.1. The lowest BCUT2D eigenvalue weighted by Gasteiger charge is -2.11. The van der Waals surface area contributed by atoms with Crippen LogP contribution in [0.1, 0.15) is 11.1 Å². The number of hydrogen-bond donors (Lipinski definition) is 0. The summed E-state index contributed by atoms with van der Waals surface area (Å²) in [5, 5.41) is 13.1. The molecule has 0 unspecified atom stereocenters. The Balaban J connectivity index is 1.51. The largest absolute Gasteiger partial charge is 0.270 e. The Morgan fingerprint density at radius 1 is 0.806 bits per heavy atom. The third kappa shape index (κ3) is 4.22. The van der Waals surface area contributed by atoms with Crippen LogP contribution in [0.25, 0.3) is 27.8 Å². The van der Waals surface area contributed by atoms with Crippen LogP contribution in [-0.2, 0) is 5.75 Å². The highest BCUT2D eigenvalue weighted by molar-refractivity contribution is 7.98. The van der Waals surface area contributed by atoms with Gasteiger partial charge < -0.3 is 0 Å². The van der Waals surface area contributed by atoms with E-state index in [4.69, 9.17) is 11.6 Å². The van der Waals surface area contributed by atoms with Crippen LogP contribution in [0.2, 0.25) is 5.02 Å². The molecule has 0 spiro atoms. The van der Waals surface area contributed by atoms with Gasteiger partial charge in [0.15, 0.2) is 11.0 Å². The smallest absolute Gasteiger partial charge is 0.196 e. The zero-order valence-corrected chi connectivity index (χ0v) is 18.6. The minimum atomic E-state index is 0.705. The fourth-order valence-electron chi connectivity index (χ4n) is 3.55. The van der Waals surface area contributed by atoms with Crippen molar-refractivity contribution in [2.45, 2.75) is 17.8 Å². The van der Waals surface area contributed by atoms with Gasteiger partial charge in [0.1, 0.15) is 0 Å². The van der Waals surface area contributed by atoms with Gasteiger partial charge in [-0.2, -0.15) is 0 Å². The predicted molar refractivity (Wildman–Crippen MR) is 130 cm³/mol. The van der Waals surface area contributed by atoms with E-state index in [1.54, 1.807) is 11.8 Å². The molecule has 0 bridgehead atoms. The zero-order valence-electron chi connectivity index (χ0n) is 17.0. The molecule has 5 aromatic rings. The summed E-state index contributed by atoms with van der Waals surface area (Å²) in [5.41, 5.74) is 4.50. The number of halogens is 1. The maximum Gasteiger partial charge on any atom is 0.196 e. The van der Waals surface area contributed by atoms with Crippen molar-refractivity contribution in [3.05, 3.63) is 107 Å². The molecule has 0 fully saturated rings. The monoisotopic (exact) mass is 441 g/mol. The minimum Gasteiger partial charge on any atom is -0.270 e. The number of aryl methyl sites for hydroxylation is 1. The Kier molecular flexibility index (Phi) is 5.49. The fourth-order valence-corrected chi connectivity index (χ4v) is 4.57. The number of nitrogens with zero attached hydrogens (tertiary/aromatic N) is 3. The van der Waals surface area contributed by atoms with Crippen LogP contribution in [0.4, 0.5) is 0 Å². The van der Waals surface area contributed by atoms with Gasteiger partial charge in [-0.1, -0.05) is 83.5 Å². The molecule has 0 atom stereocenters. The second kappa shape index (κ2) is 8.58. The van der Waals surface area contributed by atoms with Gasteiger partial charge in [0, 0.05) is 22.0 Å². The number of aromatic nitrogens is 3. The van der Waals surface area contributed by atoms with Crippen LogP contribution in [0.15, 0.2) is 96.2 Å². The Morgan fingerprint density at radius 3 is 2.32 bits per heavy atom. The first-order chi connectivity index (χ1) is 15.2. The summed E-state index contributed by atoms with van der Waals surface area (Å²) in [7, 11) is 0. The highest BCUT2D eigenvalue weighted by Crippen LogP contribution is 2.31. The second-order valence-electron chi connectivity index (χ2n) is 7.45. The third-order valence-electron chi connectivity index (χ3n) is 5.21. The number of thioether (sulfide) groups is 1. The number of rotatable bonds is 5. The molecule has 0 saturated heterocycles. The molecular weight excluding hydrogens is 422 g/mol. The lowest BCUT2D eigenvalue weighted by molar-refractivity contribution is 0.885. The summed E-state index contributed by atoms with van der Waals surface area (Å²) in [4.78, 5) is 0. The van der Waals surface area contributed by atoms with Crippen molar-refractivity contribution in [2.24, 2.45) is 0 Å². The van der Waals surface area contributed by atoms with Crippen LogP contribution >= 0.6 is 23.4 Å². The van der Waals surface area contributed by atoms with E-state index in [1.165, 1.54) is 21.9 Å². The van der Waals surface area contributed by atoms with E-state index < -0.39 is 0 Å². The third-order valence-corrected chi connectivity index (χ3v) is 6.46. The van der Waals surface area contributed by atoms with Crippen molar-refractivity contribution in [1.29, 1.82) is 0 Å². The molecule has 0 aliphatic carbocycles. The van der Waals surface area contributed by atoms with Crippen LogP contribution < -0.4 is 0 Å². The summed E-state index contributed by atoms with van der Waals surface area (Å²) in [6.07, 6.45) is 0. The predicted octanol–water partition coefficient (Wildman–Crippen LogP) is 7.34. The van der Waals surface area contributed by atoms with E-state index in [0.717, 1.165) is 28.0 Å². The Morgan fingerprint density at radius 2 is 1.55 bits per heavy atom. The first-order valence-corrected chi connectivity index (χ1v) is 11.4. The van der Waals surface area contributed by atoms with E-state index in [1.807, 2.05) is 24.3 Å². The molecule has 0 amide bonds. The van der Waals surface area contributed by atoms with Gasteiger partial charge >= 0.3 is 0 Å². The summed E-state index contributed by atoms with van der Waals surface area (Å²) >= 11 is 7.78. The molecule has 0 N–H and O–H groups in total. The maximum atomic E-state index is 6.09. The van der Waals surface area contributed by atoms with Crippen molar-refractivity contribution in [3.8, 4) is 17.1 Å². The number of hydrogen-bond acceptors (Lipinski definition) is 3. The molecule has 3 nitrogen and oxygen atoms in total. The molecule has 0 aliphatic heterocycles. The van der Waals surface area contributed by atoms with Crippen molar-refractivity contribution in [1.82, 2.24) is 14.8 Å². The van der Waals surface area contributed by atoms with E-state index in [9.17, 15) is 0 Å². The van der Waals surface area contributed by atoms with Crippen molar-refractivity contribution in [2.75, 3.05) is 0 Å². The molecule has 31 heavy (non-hydrogen) atoms. The molecule has 5 heteroatoms. The first kappa shape index (κ1) is 19.9. The summed E-state index contributed by atoms with van der Waals surface area (Å²) < 4.78 is 2.12. The highest BCUT2D eigenvalue weighted by Gasteiger charge is 2.16. The Bertz CT molecular complexity index is 1340. The quantitative estimate of drug-likeness (QED) is 0.267. The molecular formula is C26H20ClN3S. The Labute approximate surface area is 190 Å². The van der Waals surface area contributed by atoms with Gasteiger partial charge in [-0.05, 0) is 59.7 Å². The topological polar surface area (TPSA) is 30.7 Å². The molecule has 1 aromatic heterocycles. The number of fused-ring (bicyclic) bond motifs is 1. The molecule has 1 heterocycles. The van der Waals surface area contributed by atoms with Crippen LogP contribution in [0.3, 0.4) is 0 Å². The number of benzene rings is 4. The van der Waals surface area contributed by atoms with Gasteiger partial charge in [0.05, 0.1) is 0 Å². The van der Waals surface area contributed by atoms with E-state index in [-0.39, 0.29) is 0 Å². The SMILES string of the molecule is Cc1ccc(-n2c(SCc3ccc4ccccc4c3)nnc2-c2ccc(Cl)cc2)cc1. The van der Waals surface area contributed by atoms with Crippen molar-refractivity contribution < 1.29 is 0 Å². The van der Waals surface area contributed by atoms with Gasteiger partial charge in [-0.15, -0.1) is 10.2 Å². The maximum absolute atomic E-state index is 6.09. The van der Waals surface area contributed by atoms with Gasteiger partial charge in [0.2, 0.25) is 0 Å². The second-order valence-corrected chi connectivity index (χ2v) is 8.83. The van der Waals surface area contributed by atoms with Gasteiger partial charge in [-0.25, -0.2) is 0 Å². The average molecular weight is 442 g/mol. The van der Waals surface area contributed by atoms with Crippen LogP contribution in [0, 0.1) is 6.92 Å². The molecule has 152 valence electrons. The fraction of sp³-hybridized carbons (Fsp3) is 0.0769. The normalized spacial score (nSPS) is 11.2. The summed E-state index contributed by atoms with van der Waals surface area (Å²) in [6.45, 7) is 2.09. The standard InChI is InChI=1S/C26H20ClN3S/c1-18-6-14-24(15-7-18)30-25(21-10-12-23(27)13-11-21)28-29-26(30)31-17-19-8-9-20-4-2-3-5-22(20)16-19/h2-16H,17H2,1H3. The highest BCUT2D eigenvalue weighted by atomic mass is 35.5. The average Bonchev–Trinajstić information content (AvgIpc) is 3.22. The van der Waals surface area contributed by atoms with E-state index >= 15 is 0 Å². The zero-order chi connectivity index (χ0) is 21.2. The van der Waals surface area contributed by atoms with Crippen molar-refractivity contribution >= 4 is 34.1 Å². The molecule has 0 radical (unpaired) electrons. The molecule has 4 aromatic carbocycles. The molecule has 0 saturated carbocycles. The summed E-state index contributed by atoms with van der Waals surface area (Å²) in [5.74, 6) is 1.62. The van der Waals surface area contributed by atoms with Gasteiger partial charge in [0.25, 0.3) is 0 Å². The lowest BCUT2D eigenvalue weighted by Crippen LogP contribution is -2.00. The van der Waals surface area contributed by atoms with Gasteiger partial charge in [-0.3, -0.25) is 4.57 Å². The van der Waals surface area contributed by atoms with Crippen molar-refractivity contribution in [3.63, 3.8) is 0 Å². The van der Waals surface area contributed by atoms with E-state index in [2.05, 4.69) is 88.4 Å². The van der Waals surface area contributed by atoms with Crippen LogP contribution in [0.5, 0.6) is 0 Å². The summed E-state index contributed by atoms with van der Waals surface area (Å²) in [6, 6.07) is 31.2. The Hall–Kier alpha value is -3.08. The minimum absolute atomic E-state index is 0.705. The molecule has 5 rings (SSSR count).